The molecule has 2 aromatic rings. The molecule has 0 aliphatic carbocycles. The van der Waals surface area contributed by atoms with E-state index >= 15 is 0 Å². The number of hydrogen-bond acceptors (Lipinski definition) is 6. The van der Waals surface area contributed by atoms with Gasteiger partial charge in [-0.1, -0.05) is 28.1 Å². The zero-order valence-corrected chi connectivity index (χ0v) is 15.9. The fourth-order valence-corrected chi connectivity index (χ4v) is 3.24. The Bertz CT molecular complexity index is 844. The Hall–Kier alpha value is -2.42. The minimum atomic E-state index is -0.763. The van der Waals surface area contributed by atoms with Gasteiger partial charge in [-0.05, 0) is 29.8 Å². The number of aliphatic hydroxyl groups excluding tert-OH is 2. The molecule has 1 amide bonds. The number of halogens is 1. The van der Waals surface area contributed by atoms with Gasteiger partial charge in [-0.25, -0.2) is 0 Å². The third-order valence-electron chi connectivity index (χ3n) is 4.19. The number of furan rings is 1. The standard InChI is InChI=1S/C19H18BrNO6/c20-13-5-3-12(4-6-13)16-15(17(23)14-2-1-9-27-14)18(24)19(25)21(16)7-10-26-11-8-22/h1-6,9,16,22,24H,7-8,10-11H2/t16-/m1/s1. The zero-order valence-electron chi connectivity index (χ0n) is 14.3. The van der Waals surface area contributed by atoms with Gasteiger partial charge in [-0.3, -0.25) is 9.59 Å². The summed E-state index contributed by atoms with van der Waals surface area (Å²) in [4.78, 5) is 26.9. The fourth-order valence-electron chi connectivity index (χ4n) is 2.98. The molecule has 0 fully saturated rings. The predicted octanol–water partition coefficient (Wildman–Crippen LogP) is 2.63. The molecule has 2 N–H and O–H groups in total. The highest BCUT2D eigenvalue weighted by atomic mass is 79.9. The molecule has 1 aromatic carbocycles. The van der Waals surface area contributed by atoms with E-state index in [0.717, 1.165) is 4.47 Å². The van der Waals surface area contributed by atoms with Gasteiger partial charge >= 0.3 is 0 Å². The molecule has 1 aliphatic heterocycles. The number of carbonyl (C=O) groups excluding carboxylic acids is 2. The van der Waals surface area contributed by atoms with Gasteiger partial charge in [0.25, 0.3) is 5.91 Å². The molecule has 142 valence electrons. The molecule has 1 aromatic heterocycles. The van der Waals surface area contributed by atoms with Gasteiger partial charge < -0.3 is 24.3 Å². The second kappa shape index (κ2) is 8.51. The largest absolute Gasteiger partial charge is 0.503 e. The first-order valence-electron chi connectivity index (χ1n) is 8.31. The molecule has 3 rings (SSSR count). The van der Waals surface area contributed by atoms with Crippen LogP contribution in [0.1, 0.15) is 22.2 Å². The number of ether oxygens (including phenoxy) is 1. The Morgan fingerprint density at radius 2 is 1.96 bits per heavy atom. The monoisotopic (exact) mass is 435 g/mol. The maximum atomic E-state index is 12.9. The lowest BCUT2D eigenvalue weighted by molar-refractivity contribution is -0.130. The van der Waals surface area contributed by atoms with Crippen molar-refractivity contribution in [1.82, 2.24) is 4.90 Å². The van der Waals surface area contributed by atoms with Crippen molar-refractivity contribution >= 4 is 27.6 Å². The first-order chi connectivity index (χ1) is 13.0. The average Bonchev–Trinajstić information content (AvgIpc) is 3.28. The lowest BCUT2D eigenvalue weighted by atomic mass is 9.95. The van der Waals surface area contributed by atoms with Crippen LogP contribution < -0.4 is 0 Å². The maximum absolute atomic E-state index is 12.9. The number of hydrogen-bond donors (Lipinski definition) is 2. The van der Waals surface area contributed by atoms with E-state index in [-0.39, 0.29) is 37.7 Å². The van der Waals surface area contributed by atoms with E-state index in [1.165, 1.54) is 17.2 Å². The SMILES string of the molecule is O=C(C1=C(O)C(=O)N(CCOCCO)[C@@H]1c1ccc(Br)cc1)c1ccco1. The normalized spacial score (nSPS) is 17.0. The predicted molar refractivity (Wildman–Crippen MR) is 99.2 cm³/mol. The number of rotatable bonds is 8. The van der Waals surface area contributed by atoms with Crippen molar-refractivity contribution in [3.63, 3.8) is 0 Å². The topological polar surface area (TPSA) is 100 Å². The Morgan fingerprint density at radius 3 is 2.59 bits per heavy atom. The molecular formula is C19H18BrNO6. The molecule has 1 atom stereocenters. The van der Waals surface area contributed by atoms with Crippen LogP contribution in [0.25, 0.3) is 0 Å². The second-order valence-corrected chi connectivity index (χ2v) is 6.77. The average molecular weight is 436 g/mol. The van der Waals surface area contributed by atoms with Gasteiger partial charge in [0, 0.05) is 11.0 Å². The Labute approximate surface area is 164 Å². The summed E-state index contributed by atoms with van der Waals surface area (Å²) < 4.78 is 11.3. The lowest BCUT2D eigenvalue weighted by Crippen LogP contribution is -2.34. The summed E-state index contributed by atoms with van der Waals surface area (Å²) in [6.07, 6.45) is 1.36. The van der Waals surface area contributed by atoms with Crippen LogP contribution in [0.4, 0.5) is 0 Å². The minimum Gasteiger partial charge on any atom is -0.503 e. The van der Waals surface area contributed by atoms with E-state index in [1.54, 1.807) is 30.3 Å². The summed E-state index contributed by atoms with van der Waals surface area (Å²) in [5, 5.41) is 19.2. The van der Waals surface area contributed by atoms with Crippen LogP contribution in [-0.2, 0) is 9.53 Å². The Kier molecular flexibility index (Phi) is 6.10. The maximum Gasteiger partial charge on any atom is 0.290 e. The van der Waals surface area contributed by atoms with E-state index in [0.29, 0.717) is 5.56 Å². The lowest BCUT2D eigenvalue weighted by Gasteiger charge is -2.26. The summed E-state index contributed by atoms with van der Waals surface area (Å²) in [7, 11) is 0. The highest BCUT2D eigenvalue weighted by molar-refractivity contribution is 9.10. The number of aliphatic hydroxyl groups is 2. The van der Waals surface area contributed by atoms with Crippen molar-refractivity contribution in [2.45, 2.75) is 6.04 Å². The van der Waals surface area contributed by atoms with Crippen molar-refractivity contribution in [2.24, 2.45) is 0 Å². The fraction of sp³-hybridized carbons (Fsp3) is 0.263. The van der Waals surface area contributed by atoms with Gasteiger partial charge in [0.1, 0.15) is 0 Å². The Balaban J connectivity index is 1.96. The molecule has 7 nitrogen and oxygen atoms in total. The zero-order chi connectivity index (χ0) is 19.4. The van der Waals surface area contributed by atoms with E-state index in [2.05, 4.69) is 15.9 Å². The van der Waals surface area contributed by atoms with Crippen molar-refractivity contribution in [1.29, 1.82) is 0 Å². The third kappa shape index (κ3) is 3.97. The molecule has 0 saturated heterocycles. The minimum absolute atomic E-state index is 0.0283. The summed E-state index contributed by atoms with van der Waals surface area (Å²) in [5.41, 5.74) is 0.645. The highest BCUT2D eigenvalue weighted by Gasteiger charge is 2.44. The van der Waals surface area contributed by atoms with E-state index in [4.69, 9.17) is 14.3 Å². The van der Waals surface area contributed by atoms with Gasteiger partial charge in [0.2, 0.25) is 5.78 Å². The van der Waals surface area contributed by atoms with Gasteiger partial charge in [0.15, 0.2) is 11.5 Å². The van der Waals surface area contributed by atoms with Gasteiger partial charge in [-0.2, -0.15) is 0 Å². The molecule has 2 heterocycles. The third-order valence-corrected chi connectivity index (χ3v) is 4.72. The summed E-state index contributed by atoms with van der Waals surface area (Å²) >= 11 is 3.36. The molecule has 0 bridgehead atoms. The second-order valence-electron chi connectivity index (χ2n) is 5.86. The van der Waals surface area contributed by atoms with Crippen LogP contribution in [-0.4, -0.2) is 53.2 Å². The number of ketones is 1. The molecule has 0 radical (unpaired) electrons. The molecule has 27 heavy (non-hydrogen) atoms. The smallest absolute Gasteiger partial charge is 0.290 e. The van der Waals surface area contributed by atoms with Gasteiger partial charge in [0.05, 0.1) is 37.7 Å². The number of Topliss-reactive ketones (excluding diaryl/α,β-unsaturated/α-hetero) is 1. The number of amides is 1. The van der Waals surface area contributed by atoms with Crippen LogP contribution in [0.3, 0.4) is 0 Å². The molecular weight excluding hydrogens is 418 g/mol. The van der Waals surface area contributed by atoms with Gasteiger partial charge in [-0.15, -0.1) is 0 Å². The molecule has 0 spiro atoms. The van der Waals surface area contributed by atoms with Crippen molar-refractivity contribution in [3.05, 3.63) is 69.8 Å². The number of nitrogens with zero attached hydrogens (tertiary/aromatic N) is 1. The molecule has 8 heteroatoms. The van der Waals surface area contributed by atoms with Crippen LogP contribution in [0.2, 0.25) is 0 Å². The molecule has 1 aliphatic rings. The first kappa shape index (κ1) is 19.3. The van der Waals surface area contributed by atoms with Crippen molar-refractivity contribution in [2.75, 3.05) is 26.4 Å². The summed E-state index contributed by atoms with van der Waals surface area (Å²) in [6, 6.07) is 9.43. The Morgan fingerprint density at radius 1 is 1.22 bits per heavy atom. The number of benzene rings is 1. The van der Waals surface area contributed by atoms with Crippen LogP contribution in [0.15, 0.2) is 62.9 Å². The van der Waals surface area contributed by atoms with E-state index < -0.39 is 23.5 Å². The van der Waals surface area contributed by atoms with Crippen LogP contribution in [0, 0.1) is 0 Å². The molecule has 0 unspecified atom stereocenters. The summed E-state index contributed by atoms with van der Waals surface area (Å²) in [5.74, 6) is -1.74. The summed E-state index contributed by atoms with van der Waals surface area (Å²) in [6.45, 7) is 0.325. The van der Waals surface area contributed by atoms with Crippen LogP contribution in [0.5, 0.6) is 0 Å². The van der Waals surface area contributed by atoms with Crippen molar-refractivity contribution < 1.29 is 29.0 Å². The molecule has 0 saturated carbocycles. The number of carbonyl (C=O) groups is 2. The van der Waals surface area contributed by atoms with E-state index in [9.17, 15) is 14.7 Å². The van der Waals surface area contributed by atoms with E-state index in [1.807, 2.05) is 0 Å². The van der Waals surface area contributed by atoms with Crippen LogP contribution >= 0.6 is 15.9 Å². The quantitative estimate of drug-likeness (QED) is 0.488. The highest BCUT2D eigenvalue weighted by Crippen LogP contribution is 2.39. The van der Waals surface area contributed by atoms with Crippen molar-refractivity contribution in [3.8, 4) is 0 Å². The first-order valence-corrected chi connectivity index (χ1v) is 9.10.